The van der Waals surface area contributed by atoms with E-state index in [1.54, 1.807) is 36.7 Å². The number of hydrogen-bond acceptors (Lipinski definition) is 5. The predicted molar refractivity (Wildman–Crippen MR) is 84.3 cm³/mol. The molecule has 0 aliphatic carbocycles. The molecule has 3 aromatic rings. The van der Waals surface area contributed by atoms with Gasteiger partial charge in [0.25, 0.3) is 5.91 Å². The standard InChI is InChI=1S/C16H14FN5O2/c1-11(24-13-6-3-2-5-12(13)17)16(23)21-14-9-15(19-10-18-14)22-8-4-7-20-22/h2-11H,1H3,(H,18,19,21,23). The normalized spacial score (nSPS) is 11.8. The van der Waals surface area contributed by atoms with Gasteiger partial charge in [0.15, 0.2) is 23.5 Å². The van der Waals surface area contributed by atoms with Gasteiger partial charge < -0.3 is 10.1 Å². The molecule has 0 fully saturated rings. The van der Waals surface area contributed by atoms with Gasteiger partial charge >= 0.3 is 0 Å². The van der Waals surface area contributed by atoms with Crippen LogP contribution in [0.4, 0.5) is 10.2 Å². The molecule has 24 heavy (non-hydrogen) atoms. The second kappa shape index (κ2) is 6.86. The molecule has 1 atom stereocenters. The van der Waals surface area contributed by atoms with Gasteiger partial charge in [-0.05, 0) is 25.1 Å². The topological polar surface area (TPSA) is 81.9 Å². The van der Waals surface area contributed by atoms with Gasteiger partial charge in [-0.1, -0.05) is 12.1 Å². The molecule has 1 unspecified atom stereocenters. The number of carbonyl (C=O) groups is 1. The summed E-state index contributed by atoms with van der Waals surface area (Å²) >= 11 is 0. The minimum Gasteiger partial charge on any atom is -0.478 e. The van der Waals surface area contributed by atoms with Crippen LogP contribution in [0.3, 0.4) is 0 Å². The van der Waals surface area contributed by atoms with E-state index >= 15 is 0 Å². The average molecular weight is 327 g/mol. The van der Waals surface area contributed by atoms with E-state index in [1.165, 1.54) is 30.1 Å². The van der Waals surface area contributed by atoms with E-state index in [0.717, 1.165) is 0 Å². The molecule has 0 saturated heterocycles. The first-order valence-electron chi connectivity index (χ1n) is 7.17. The number of para-hydroxylation sites is 1. The molecular formula is C16H14FN5O2. The fourth-order valence-corrected chi connectivity index (χ4v) is 1.96. The Kier molecular flexibility index (Phi) is 4.46. The Bertz CT molecular complexity index is 838. The second-order valence-corrected chi connectivity index (χ2v) is 4.89. The van der Waals surface area contributed by atoms with Crippen molar-refractivity contribution in [2.45, 2.75) is 13.0 Å². The van der Waals surface area contributed by atoms with Crippen LogP contribution in [-0.2, 0) is 4.79 Å². The SMILES string of the molecule is CC(Oc1ccccc1F)C(=O)Nc1cc(-n2cccn2)ncn1. The summed E-state index contributed by atoms with van der Waals surface area (Å²) in [5.41, 5.74) is 0. The van der Waals surface area contributed by atoms with Crippen molar-refractivity contribution in [3.8, 4) is 11.6 Å². The van der Waals surface area contributed by atoms with Gasteiger partial charge in [-0.2, -0.15) is 5.10 Å². The molecule has 0 spiro atoms. The second-order valence-electron chi connectivity index (χ2n) is 4.89. The molecule has 1 N–H and O–H groups in total. The van der Waals surface area contributed by atoms with Crippen LogP contribution in [0, 0.1) is 5.82 Å². The fraction of sp³-hybridized carbons (Fsp3) is 0.125. The van der Waals surface area contributed by atoms with Crippen LogP contribution in [0.25, 0.3) is 5.82 Å². The smallest absolute Gasteiger partial charge is 0.266 e. The fourth-order valence-electron chi connectivity index (χ4n) is 1.96. The maximum absolute atomic E-state index is 13.6. The van der Waals surface area contributed by atoms with Crippen molar-refractivity contribution in [1.29, 1.82) is 0 Å². The molecule has 3 rings (SSSR count). The van der Waals surface area contributed by atoms with E-state index in [-0.39, 0.29) is 5.75 Å². The number of nitrogens with one attached hydrogen (secondary N) is 1. The molecule has 0 aliphatic rings. The lowest BCUT2D eigenvalue weighted by Gasteiger charge is -2.15. The van der Waals surface area contributed by atoms with Gasteiger partial charge in [0, 0.05) is 18.5 Å². The van der Waals surface area contributed by atoms with Gasteiger partial charge in [0.05, 0.1) is 0 Å². The van der Waals surface area contributed by atoms with Crippen molar-refractivity contribution in [3.63, 3.8) is 0 Å². The molecular weight excluding hydrogens is 313 g/mol. The quantitative estimate of drug-likeness (QED) is 0.777. The van der Waals surface area contributed by atoms with Gasteiger partial charge in [0.1, 0.15) is 12.1 Å². The van der Waals surface area contributed by atoms with Crippen molar-refractivity contribution < 1.29 is 13.9 Å². The van der Waals surface area contributed by atoms with E-state index in [4.69, 9.17) is 4.74 Å². The maximum atomic E-state index is 13.6. The lowest BCUT2D eigenvalue weighted by atomic mass is 10.3. The van der Waals surface area contributed by atoms with Crippen LogP contribution in [0.5, 0.6) is 5.75 Å². The highest BCUT2D eigenvalue weighted by Crippen LogP contribution is 2.17. The van der Waals surface area contributed by atoms with Gasteiger partial charge in [-0.15, -0.1) is 0 Å². The van der Waals surface area contributed by atoms with Crippen molar-refractivity contribution in [1.82, 2.24) is 19.7 Å². The largest absolute Gasteiger partial charge is 0.478 e. The Morgan fingerprint density at radius 3 is 2.88 bits per heavy atom. The van der Waals surface area contributed by atoms with Crippen molar-refractivity contribution in [2.75, 3.05) is 5.32 Å². The summed E-state index contributed by atoms with van der Waals surface area (Å²) in [4.78, 5) is 20.2. The molecule has 0 aliphatic heterocycles. The third-order valence-electron chi connectivity index (χ3n) is 3.15. The molecule has 122 valence electrons. The van der Waals surface area contributed by atoms with Crippen molar-refractivity contribution >= 4 is 11.7 Å². The number of rotatable bonds is 5. The zero-order valence-corrected chi connectivity index (χ0v) is 12.8. The third kappa shape index (κ3) is 3.54. The molecule has 0 saturated carbocycles. The Morgan fingerprint density at radius 2 is 2.12 bits per heavy atom. The molecule has 2 aromatic heterocycles. The van der Waals surface area contributed by atoms with Crippen LogP contribution in [-0.4, -0.2) is 31.8 Å². The Morgan fingerprint density at radius 1 is 1.29 bits per heavy atom. The average Bonchev–Trinajstić information content (AvgIpc) is 3.12. The number of nitrogens with zero attached hydrogens (tertiary/aromatic N) is 4. The van der Waals surface area contributed by atoms with Crippen LogP contribution in [0.1, 0.15) is 6.92 Å². The summed E-state index contributed by atoms with van der Waals surface area (Å²) in [6.07, 6.45) is 3.75. The maximum Gasteiger partial charge on any atom is 0.266 e. The van der Waals surface area contributed by atoms with Crippen LogP contribution in [0.15, 0.2) is 55.1 Å². The lowest BCUT2D eigenvalue weighted by molar-refractivity contribution is -0.122. The number of hydrogen-bond donors (Lipinski definition) is 1. The zero-order valence-electron chi connectivity index (χ0n) is 12.8. The van der Waals surface area contributed by atoms with E-state index in [2.05, 4.69) is 20.4 Å². The van der Waals surface area contributed by atoms with Crippen molar-refractivity contribution in [3.05, 3.63) is 60.9 Å². The van der Waals surface area contributed by atoms with E-state index in [1.807, 2.05) is 0 Å². The first-order valence-corrected chi connectivity index (χ1v) is 7.17. The van der Waals surface area contributed by atoms with Gasteiger partial charge in [-0.3, -0.25) is 4.79 Å². The number of amides is 1. The number of anilines is 1. The number of halogens is 1. The molecule has 8 heteroatoms. The van der Waals surface area contributed by atoms with E-state index in [9.17, 15) is 9.18 Å². The first-order chi connectivity index (χ1) is 11.6. The molecule has 2 heterocycles. The molecule has 1 amide bonds. The van der Waals surface area contributed by atoms with Crippen LogP contribution in [0.2, 0.25) is 0 Å². The summed E-state index contributed by atoms with van der Waals surface area (Å²) in [7, 11) is 0. The number of carbonyl (C=O) groups excluding carboxylic acids is 1. The zero-order chi connectivity index (χ0) is 16.9. The van der Waals surface area contributed by atoms with Gasteiger partial charge in [0.2, 0.25) is 0 Å². The van der Waals surface area contributed by atoms with Gasteiger partial charge in [-0.25, -0.2) is 19.0 Å². The molecule has 1 aromatic carbocycles. The van der Waals surface area contributed by atoms with Crippen LogP contribution >= 0.6 is 0 Å². The van der Waals surface area contributed by atoms with E-state index < -0.39 is 17.8 Å². The number of aromatic nitrogens is 4. The number of benzene rings is 1. The molecule has 0 radical (unpaired) electrons. The Hall–Kier alpha value is -3.29. The summed E-state index contributed by atoms with van der Waals surface area (Å²) in [6.45, 7) is 1.53. The number of ether oxygens (including phenoxy) is 1. The summed E-state index contributed by atoms with van der Waals surface area (Å²) in [6, 6.07) is 9.22. The van der Waals surface area contributed by atoms with Crippen LogP contribution < -0.4 is 10.1 Å². The highest BCUT2D eigenvalue weighted by molar-refractivity contribution is 5.93. The molecule has 7 nitrogen and oxygen atoms in total. The minimum absolute atomic E-state index is 0.0140. The molecule has 0 bridgehead atoms. The third-order valence-corrected chi connectivity index (χ3v) is 3.15. The first kappa shape index (κ1) is 15.6. The highest BCUT2D eigenvalue weighted by Gasteiger charge is 2.17. The lowest BCUT2D eigenvalue weighted by Crippen LogP contribution is -2.30. The Balaban J connectivity index is 1.68. The predicted octanol–water partition coefficient (Wildman–Crippen LogP) is 2.21. The Labute approximate surface area is 137 Å². The highest BCUT2D eigenvalue weighted by atomic mass is 19.1. The van der Waals surface area contributed by atoms with Crippen molar-refractivity contribution in [2.24, 2.45) is 0 Å². The van der Waals surface area contributed by atoms with E-state index in [0.29, 0.717) is 11.6 Å². The summed E-state index contributed by atoms with van der Waals surface area (Å²) in [5, 5.41) is 6.66. The summed E-state index contributed by atoms with van der Waals surface area (Å²) < 4.78 is 20.4. The minimum atomic E-state index is -0.898. The summed E-state index contributed by atoms with van der Waals surface area (Å²) in [5.74, 6) is -0.166. The monoisotopic (exact) mass is 327 g/mol.